The van der Waals surface area contributed by atoms with Gasteiger partial charge in [-0.25, -0.2) is 0 Å². The molecule has 17 heavy (non-hydrogen) atoms. The first-order valence-corrected chi connectivity index (χ1v) is 6.88. The molecule has 92 valence electrons. The number of rotatable bonds is 4. The summed E-state index contributed by atoms with van der Waals surface area (Å²) in [6.07, 6.45) is 9.08. The van der Waals surface area contributed by atoms with E-state index >= 15 is 0 Å². The molecule has 4 heteroatoms. The number of terminal acetylenes is 1. The van der Waals surface area contributed by atoms with Crippen LogP contribution in [0.25, 0.3) is 0 Å². The van der Waals surface area contributed by atoms with Crippen molar-refractivity contribution < 1.29 is 9.57 Å². The lowest BCUT2D eigenvalue weighted by Gasteiger charge is -2.36. The Morgan fingerprint density at radius 3 is 3.12 bits per heavy atom. The molecule has 3 nitrogen and oxygen atoms in total. The molecule has 1 saturated carbocycles. The molecule has 2 unspecified atom stereocenters. The van der Waals surface area contributed by atoms with E-state index in [9.17, 15) is 0 Å². The Hall–Kier alpha value is -0.700. The third-order valence-electron chi connectivity index (χ3n) is 3.75. The fourth-order valence-corrected chi connectivity index (χ4v) is 3.91. The minimum absolute atomic E-state index is 0.214. The fraction of sp³-hybridized carbons (Fsp3) is 0.615. The smallest absolute Gasteiger partial charge is 0.205 e. The highest BCUT2D eigenvalue weighted by molar-refractivity contribution is 14.1. The van der Waals surface area contributed by atoms with Crippen LogP contribution in [0.2, 0.25) is 0 Å². The van der Waals surface area contributed by atoms with Gasteiger partial charge in [0.05, 0.1) is 12.0 Å². The second kappa shape index (κ2) is 4.52. The minimum Gasteiger partial charge on any atom is -0.494 e. The molecular formula is C13H16INO2. The lowest BCUT2D eigenvalue weighted by Crippen LogP contribution is -2.46. The molecule has 0 saturated heterocycles. The summed E-state index contributed by atoms with van der Waals surface area (Å²) < 4.78 is 6.54. The lowest BCUT2D eigenvalue weighted by atomic mass is 9.72. The van der Waals surface area contributed by atoms with Crippen LogP contribution >= 0.6 is 22.6 Å². The number of hydrogen-bond acceptors (Lipinski definition) is 3. The molecule has 1 fully saturated rings. The van der Waals surface area contributed by atoms with Crippen LogP contribution in [0.5, 0.6) is 0 Å². The molecule has 0 aromatic heterocycles. The molecule has 1 heterocycles. The number of fused-ring (bicyclic) bond motifs is 1. The maximum atomic E-state index is 5.71. The first-order valence-electron chi connectivity index (χ1n) is 5.81. The van der Waals surface area contributed by atoms with Gasteiger partial charge in [0.15, 0.2) is 0 Å². The van der Waals surface area contributed by atoms with E-state index in [1.165, 1.54) is 0 Å². The molecule has 0 amide bonds. The average Bonchev–Trinajstić information content (AvgIpc) is 2.78. The van der Waals surface area contributed by atoms with E-state index in [0.29, 0.717) is 18.8 Å². The van der Waals surface area contributed by atoms with Gasteiger partial charge in [-0.1, -0.05) is 11.7 Å². The summed E-state index contributed by atoms with van der Waals surface area (Å²) in [5.41, 5.74) is -0.750. The quantitative estimate of drug-likeness (QED) is 0.445. The van der Waals surface area contributed by atoms with E-state index in [0.717, 1.165) is 23.0 Å². The predicted octanol–water partition coefficient (Wildman–Crippen LogP) is 3.25. The maximum Gasteiger partial charge on any atom is 0.205 e. The molecular weight excluding hydrogens is 329 g/mol. The molecule has 1 aliphatic heterocycles. The van der Waals surface area contributed by atoms with Gasteiger partial charge < -0.3 is 9.57 Å². The van der Waals surface area contributed by atoms with Crippen molar-refractivity contribution >= 4 is 26.3 Å². The fourth-order valence-electron chi connectivity index (χ4n) is 2.91. The zero-order valence-electron chi connectivity index (χ0n) is 9.96. The summed E-state index contributed by atoms with van der Waals surface area (Å²) in [6.45, 7) is 6.56. The number of nitrogens with zero attached hydrogens (tertiary/aromatic N) is 1. The molecule has 0 aromatic carbocycles. The summed E-state index contributed by atoms with van der Waals surface area (Å²) >= 11 is 2.23. The van der Waals surface area contributed by atoms with Gasteiger partial charge in [0.2, 0.25) is 5.60 Å². The van der Waals surface area contributed by atoms with Gasteiger partial charge in [0.1, 0.15) is 9.48 Å². The Morgan fingerprint density at radius 1 is 1.71 bits per heavy atom. The van der Waals surface area contributed by atoms with Crippen LogP contribution in [0, 0.1) is 17.8 Å². The first kappa shape index (κ1) is 12.7. The zero-order chi connectivity index (χ0) is 12.5. The van der Waals surface area contributed by atoms with Crippen molar-refractivity contribution in [2.24, 2.45) is 10.6 Å². The van der Waals surface area contributed by atoms with E-state index in [2.05, 4.69) is 40.2 Å². The SMILES string of the molecule is C#CCC12CCCC1(C(=C)OCC)ON=C2I. The molecule has 2 atom stereocenters. The van der Waals surface area contributed by atoms with E-state index in [1.54, 1.807) is 0 Å². The largest absolute Gasteiger partial charge is 0.494 e. The van der Waals surface area contributed by atoms with Crippen molar-refractivity contribution in [3.63, 3.8) is 0 Å². The lowest BCUT2D eigenvalue weighted by molar-refractivity contribution is -0.0707. The van der Waals surface area contributed by atoms with Gasteiger partial charge >= 0.3 is 0 Å². The monoisotopic (exact) mass is 345 g/mol. The third kappa shape index (κ3) is 1.59. The van der Waals surface area contributed by atoms with Crippen LogP contribution in [0.1, 0.15) is 32.6 Å². The Kier molecular flexibility index (Phi) is 3.39. The van der Waals surface area contributed by atoms with Crippen LogP contribution < -0.4 is 0 Å². The molecule has 2 aliphatic rings. The number of oxime groups is 1. The van der Waals surface area contributed by atoms with Crippen LogP contribution in [-0.2, 0) is 9.57 Å². The van der Waals surface area contributed by atoms with Gasteiger partial charge in [-0.2, -0.15) is 0 Å². The van der Waals surface area contributed by atoms with E-state index in [-0.39, 0.29) is 5.41 Å². The highest BCUT2D eigenvalue weighted by Crippen LogP contribution is 2.59. The van der Waals surface area contributed by atoms with Crippen LogP contribution in [0.15, 0.2) is 17.5 Å². The van der Waals surface area contributed by atoms with E-state index < -0.39 is 5.60 Å². The standard InChI is InChI=1S/C13H16INO2/c1-4-7-12-8-6-9-13(12,10(3)16-5-2)17-15-11(12)14/h1H,3,5-9H2,2H3. The van der Waals surface area contributed by atoms with E-state index in [4.69, 9.17) is 16.0 Å². The molecule has 0 aromatic rings. The van der Waals surface area contributed by atoms with Crippen molar-refractivity contribution in [2.45, 2.75) is 38.2 Å². The highest BCUT2D eigenvalue weighted by atomic mass is 127. The first-order chi connectivity index (χ1) is 8.13. The number of ether oxygens (including phenoxy) is 1. The predicted molar refractivity (Wildman–Crippen MR) is 75.8 cm³/mol. The molecule has 0 N–H and O–H groups in total. The second-order valence-corrected chi connectivity index (χ2v) is 5.49. The molecule has 0 bridgehead atoms. The Balaban J connectivity index is 2.40. The van der Waals surface area contributed by atoms with Crippen LogP contribution in [0.4, 0.5) is 0 Å². The van der Waals surface area contributed by atoms with Crippen molar-refractivity contribution in [3.8, 4) is 12.3 Å². The van der Waals surface area contributed by atoms with Crippen molar-refractivity contribution in [3.05, 3.63) is 12.3 Å². The summed E-state index contributed by atoms with van der Waals surface area (Å²) in [7, 11) is 0. The van der Waals surface area contributed by atoms with Gasteiger partial charge in [0, 0.05) is 6.42 Å². The van der Waals surface area contributed by atoms with Gasteiger partial charge in [0.25, 0.3) is 0 Å². The Bertz CT molecular complexity index is 412. The van der Waals surface area contributed by atoms with E-state index in [1.807, 2.05) is 6.92 Å². The van der Waals surface area contributed by atoms with Crippen molar-refractivity contribution in [1.29, 1.82) is 0 Å². The summed E-state index contributed by atoms with van der Waals surface area (Å²) in [5, 5.41) is 4.15. The summed E-state index contributed by atoms with van der Waals surface area (Å²) in [5.74, 6) is 3.43. The normalized spacial score (nSPS) is 34.5. The number of hydrogen-bond donors (Lipinski definition) is 0. The topological polar surface area (TPSA) is 30.8 Å². The highest BCUT2D eigenvalue weighted by Gasteiger charge is 2.65. The Labute approximate surface area is 116 Å². The van der Waals surface area contributed by atoms with Crippen LogP contribution in [-0.4, -0.2) is 15.9 Å². The third-order valence-corrected chi connectivity index (χ3v) is 4.98. The number of halogens is 1. The zero-order valence-corrected chi connectivity index (χ0v) is 12.1. The summed E-state index contributed by atoms with van der Waals surface area (Å²) in [6, 6.07) is 0. The molecule has 1 aliphatic carbocycles. The van der Waals surface area contributed by atoms with Gasteiger partial charge in [-0.3, -0.25) is 0 Å². The molecule has 2 rings (SSSR count). The molecule has 0 radical (unpaired) electrons. The van der Waals surface area contributed by atoms with Crippen LogP contribution in [0.3, 0.4) is 0 Å². The second-order valence-electron chi connectivity index (χ2n) is 4.47. The Morgan fingerprint density at radius 2 is 2.47 bits per heavy atom. The minimum atomic E-state index is -0.536. The maximum absolute atomic E-state index is 5.71. The van der Waals surface area contributed by atoms with Crippen molar-refractivity contribution in [1.82, 2.24) is 0 Å². The van der Waals surface area contributed by atoms with Crippen molar-refractivity contribution in [2.75, 3.05) is 6.61 Å². The van der Waals surface area contributed by atoms with Gasteiger partial charge in [-0.05, 0) is 48.8 Å². The summed E-state index contributed by atoms with van der Waals surface area (Å²) in [4.78, 5) is 5.71. The average molecular weight is 345 g/mol. The van der Waals surface area contributed by atoms with Gasteiger partial charge in [-0.15, -0.1) is 12.3 Å². The molecule has 0 spiro atoms.